The Hall–Kier alpha value is -2.65. The topological polar surface area (TPSA) is 49.7 Å². The molecule has 3 aliphatic heterocycles. The molecule has 2 unspecified atom stereocenters. The lowest BCUT2D eigenvalue weighted by atomic mass is 9.81. The summed E-state index contributed by atoms with van der Waals surface area (Å²) in [6.07, 6.45) is -4.48. The molecule has 6 rings (SSSR count). The number of alkyl halides is 3. The highest BCUT2D eigenvalue weighted by Gasteiger charge is 2.46. The number of hydrogen-bond acceptors (Lipinski definition) is 6. The van der Waals surface area contributed by atoms with E-state index in [2.05, 4.69) is 49.5 Å². The van der Waals surface area contributed by atoms with Crippen LogP contribution in [-0.2, 0) is 20.9 Å². The fourth-order valence-electron chi connectivity index (χ4n) is 5.49. The van der Waals surface area contributed by atoms with Crippen LogP contribution in [0, 0.1) is 0 Å². The average Bonchev–Trinajstić information content (AvgIpc) is 3.51. The Morgan fingerprint density at radius 2 is 1.87 bits per heavy atom. The van der Waals surface area contributed by atoms with Gasteiger partial charge in [-0.15, -0.1) is 11.3 Å². The molecule has 0 N–H and O–H groups in total. The summed E-state index contributed by atoms with van der Waals surface area (Å²) in [6, 6.07) is 13.6. The number of hydrogen-bond donors (Lipinski definition) is 0. The van der Waals surface area contributed by atoms with Gasteiger partial charge in [-0.05, 0) is 54.3 Å². The van der Waals surface area contributed by atoms with Crippen LogP contribution in [0.4, 0.5) is 30.2 Å². The van der Waals surface area contributed by atoms with E-state index in [1.165, 1.54) is 17.4 Å². The molecule has 2 aromatic carbocycles. The minimum atomic E-state index is -4.48. The Labute approximate surface area is 230 Å². The van der Waals surface area contributed by atoms with Crippen molar-refractivity contribution in [3.05, 3.63) is 69.9 Å². The predicted octanol–water partition coefficient (Wildman–Crippen LogP) is 7.31. The summed E-state index contributed by atoms with van der Waals surface area (Å²) < 4.78 is 60.9. The smallest absolute Gasteiger partial charge is 0.416 e. The average molecular weight is 575 g/mol. The Bertz CT molecular complexity index is 1500. The molecule has 0 aliphatic carbocycles. The monoisotopic (exact) mass is 574 g/mol. The van der Waals surface area contributed by atoms with E-state index >= 15 is 0 Å². The summed E-state index contributed by atoms with van der Waals surface area (Å²) in [7, 11) is -1.02. The third-order valence-corrected chi connectivity index (χ3v) is 12.0. The maximum absolute atomic E-state index is 13.7. The molecule has 0 radical (unpaired) electrons. The molecule has 0 bridgehead atoms. The second-order valence-electron chi connectivity index (χ2n) is 10.6. The largest absolute Gasteiger partial charge is 0.424 e. The van der Waals surface area contributed by atoms with Gasteiger partial charge in [0.25, 0.3) is 0 Å². The number of aliphatic imine (C=N–C) groups is 1. The van der Waals surface area contributed by atoms with Crippen molar-refractivity contribution < 1.29 is 22.4 Å². The van der Waals surface area contributed by atoms with Gasteiger partial charge in [0.1, 0.15) is 0 Å². The van der Waals surface area contributed by atoms with Crippen LogP contribution in [-0.4, -0.2) is 50.0 Å². The summed E-state index contributed by atoms with van der Waals surface area (Å²) in [5, 5.41) is 2.78. The molecular weight excluding hydrogens is 544 g/mol. The normalized spacial score (nSPS) is 24.5. The molecule has 3 aromatic rings. The van der Waals surface area contributed by atoms with E-state index in [-0.39, 0.29) is 17.1 Å². The second kappa shape index (κ2) is 9.47. The van der Waals surface area contributed by atoms with E-state index in [0.29, 0.717) is 32.2 Å². The van der Waals surface area contributed by atoms with Crippen molar-refractivity contribution in [2.45, 2.75) is 38.4 Å². The maximum atomic E-state index is 13.7. The molecule has 1 aromatic heterocycles. The zero-order valence-corrected chi connectivity index (χ0v) is 23.9. The first kappa shape index (κ1) is 26.6. The fourth-order valence-corrected chi connectivity index (χ4v) is 9.23. The highest BCUT2D eigenvalue weighted by Crippen LogP contribution is 2.61. The van der Waals surface area contributed by atoms with Crippen molar-refractivity contribution in [2.75, 3.05) is 38.3 Å². The van der Waals surface area contributed by atoms with E-state index in [1.807, 2.05) is 17.5 Å². The second-order valence-corrected chi connectivity index (χ2v) is 14.1. The molecule has 3 aliphatic rings. The van der Waals surface area contributed by atoms with Crippen molar-refractivity contribution in [2.24, 2.45) is 9.74 Å². The third-order valence-electron chi connectivity index (χ3n) is 8.07. The number of rotatable bonds is 3. The van der Waals surface area contributed by atoms with E-state index in [0.717, 1.165) is 39.3 Å². The summed E-state index contributed by atoms with van der Waals surface area (Å²) in [6.45, 7) is 8.70. The summed E-state index contributed by atoms with van der Waals surface area (Å²) in [4.78, 5) is 8.08. The van der Waals surface area contributed by atoms with Gasteiger partial charge in [0.2, 0.25) is 13.3 Å². The first-order valence-electron chi connectivity index (χ1n) is 12.9. The number of benzene rings is 2. The van der Waals surface area contributed by atoms with Gasteiger partial charge >= 0.3 is 6.18 Å². The first-order valence-corrected chi connectivity index (χ1v) is 15.4. The van der Waals surface area contributed by atoms with Gasteiger partial charge in [0.15, 0.2) is 0 Å². The lowest BCUT2D eigenvalue weighted by Crippen LogP contribution is -2.39. The molecule has 11 heteroatoms. The van der Waals surface area contributed by atoms with Crippen LogP contribution < -0.4 is 10.2 Å². The Balaban J connectivity index is 1.66. The van der Waals surface area contributed by atoms with Crippen LogP contribution >= 0.6 is 18.8 Å². The highest BCUT2D eigenvalue weighted by molar-refractivity contribution is 7.68. The molecule has 39 heavy (non-hydrogen) atoms. The number of morpholine rings is 1. The van der Waals surface area contributed by atoms with E-state index < -0.39 is 19.2 Å². The number of thiophene rings is 1. The molecule has 206 valence electrons. The van der Waals surface area contributed by atoms with Crippen LogP contribution in [0.15, 0.2) is 63.6 Å². The van der Waals surface area contributed by atoms with Crippen LogP contribution in [0.2, 0.25) is 0 Å². The number of nitrogens with zero attached hydrogens (tertiary/aromatic N) is 4. The van der Waals surface area contributed by atoms with Crippen LogP contribution in [0.3, 0.4) is 0 Å². The Morgan fingerprint density at radius 3 is 2.56 bits per heavy atom. The molecule has 1 saturated heterocycles. The number of anilines is 1. The van der Waals surface area contributed by atoms with Crippen molar-refractivity contribution in [1.82, 2.24) is 4.67 Å². The fraction of sp³-hybridized carbons (Fsp3) is 0.393. The summed E-state index contributed by atoms with van der Waals surface area (Å²) in [5.74, 6) is 0.445. The highest BCUT2D eigenvalue weighted by atomic mass is 32.1. The van der Waals surface area contributed by atoms with E-state index in [9.17, 15) is 13.2 Å². The van der Waals surface area contributed by atoms with Crippen LogP contribution in [0.1, 0.15) is 36.8 Å². The molecule has 0 saturated carbocycles. The van der Waals surface area contributed by atoms with Gasteiger partial charge in [-0.2, -0.15) is 13.2 Å². The summed E-state index contributed by atoms with van der Waals surface area (Å²) in [5.41, 5.74) is 2.34. The SMILES string of the molecule is CC1N(C)c2cc3c(cc2C1(C)C)P(=Nc1cccc(C(F)(F)F)c1)(N1CCOCC1)OC(c1cccs1)=N3. The quantitative estimate of drug-likeness (QED) is 0.308. The van der Waals surface area contributed by atoms with Gasteiger partial charge in [-0.25, -0.2) is 14.4 Å². The molecular formula is C28H30F3N4O2PS. The molecule has 2 atom stereocenters. The lowest BCUT2D eigenvalue weighted by molar-refractivity contribution is -0.137. The molecule has 4 heterocycles. The number of ether oxygens (including phenoxy) is 1. The molecule has 0 amide bonds. The van der Waals surface area contributed by atoms with Gasteiger partial charge < -0.3 is 14.2 Å². The molecule has 6 nitrogen and oxygen atoms in total. The Kier molecular flexibility index (Phi) is 6.45. The van der Waals surface area contributed by atoms with Gasteiger partial charge in [-0.3, -0.25) is 0 Å². The number of likely N-dealkylation sites (N-methyl/N-ethyl adjacent to an activating group) is 1. The van der Waals surface area contributed by atoms with Gasteiger partial charge in [0, 0.05) is 37.3 Å². The predicted molar refractivity (Wildman–Crippen MR) is 151 cm³/mol. The minimum absolute atomic E-state index is 0.159. The van der Waals surface area contributed by atoms with Crippen molar-refractivity contribution in [3.63, 3.8) is 0 Å². The Morgan fingerprint density at radius 1 is 1.10 bits per heavy atom. The molecule has 0 spiro atoms. The van der Waals surface area contributed by atoms with Crippen molar-refractivity contribution >= 4 is 47.0 Å². The number of fused-ring (bicyclic) bond motifs is 2. The van der Waals surface area contributed by atoms with E-state index in [1.54, 1.807) is 6.07 Å². The summed E-state index contributed by atoms with van der Waals surface area (Å²) >= 11 is 1.51. The zero-order valence-electron chi connectivity index (χ0n) is 22.2. The lowest BCUT2D eigenvalue weighted by Gasteiger charge is -2.40. The van der Waals surface area contributed by atoms with Gasteiger partial charge in [-0.1, -0.05) is 26.0 Å². The van der Waals surface area contributed by atoms with Crippen molar-refractivity contribution in [3.8, 4) is 0 Å². The maximum Gasteiger partial charge on any atom is 0.416 e. The molecule has 1 fully saturated rings. The van der Waals surface area contributed by atoms with Crippen LogP contribution in [0.5, 0.6) is 0 Å². The third kappa shape index (κ3) is 4.42. The number of halogens is 3. The van der Waals surface area contributed by atoms with Gasteiger partial charge in [0.05, 0.1) is 40.3 Å². The standard InChI is InChI=1S/C28H30F3N4O2PS/c1-18-27(2,3)21-16-24-22(17-23(21)34(18)4)32-26(25-9-6-14-39-25)37-38(24,35-10-12-36-13-11-35)33-20-8-5-7-19(15-20)28(29,30)31/h5-9,14-18H,10-13H2,1-4H3. The minimum Gasteiger partial charge on any atom is -0.424 e. The van der Waals surface area contributed by atoms with Crippen LogP contribution in [0.25, 0.3) is 0 Å². The van der Waals surface area contributed by atoms with Crippen molar-refractivity contribution in [1.29, 1.82) is 0 Å². The first-order chi connectivity index (χ1) is 18.5. The zero-order chi connectivity index (χ0) is 27.6. The van der Waals surface area contributed by atoms with E-state index in [4.69, 9.17) is 19.0 Å².